The average Bonchev–Trinajstić information content (AvgIpc) is 2.26. The van der Waals surface area contributed by atoms with E-state index in [-0.39, 0.29) is 5.82 Å². The van der Waals surface area contributed by atoms with Gasteiger partial charge in [-0.25, -0.2) is 8.78 Å². The van der Waals surface area contributed by atoms with Gasteiger partial charge >= 0.3 is 0 Å². The molecule has 2 rings (SSSR count). The molecular weight excluding hydrogens is 229 g/mol. The quantitative estimate of drug-likeness (QED) is 0.809. The first-order valence-corrected chi connectivity index (χ1v) is 4.91. The minimum absolute atomic E-state index is 0.338. The molecule has 0 spiro atoms. The molecular formula is C12H9F3N2. The van der Waals surface area contributed by atoms with E-state index in [1.807, 2.05) is 13.0 Å². The van der Waals surface area contributed by atoms with Gasteiger partial charge in [0, 0.05) is 11.8 Å². The molecule has 1 heterocycles. The third kappa shape index (κ3) is 2.55. The Hall–Kier alpha value is -2.04. The minimum atomic E-state index is -1.33. The second-order valence-corrected chi connectivity index (χ2v) is 3.59. The van der Waals surface area contributed by atoms with E-state index >= 15 is 0 Å². The Labute approximate surface area is 96.1 Å². The smallest absolute Gasteiger partial charge is 0.251 e. The predicted molar refractivity (Wildman–Crippen MR) is 58.6 cm³/mol. The number of benzene rings is 1. The van der Waals surface area contributed by atoms with Gasteiger partial charge in [0.25, 0.3) is 5.95 Å². The normalized spacial score (nSPS) is 10.4. The highest BCUT2D eigenvalue weighted by Gasteiger charge is 2.11. The molecule has 1 aromatic heterocycles. The summed E-state index contributed by atoms with van der Waals surface area (Å²) < 4.78 is 38.8. The molecule has 2 nitrogen and oxygen atoms in total. The summed E-state index contributed by atoms with van der Waals surface area (Å²) in [5, 5.41) is 2.59. The Morgan fingerprint density at radius 1 is 1.06 bits per heavy atom. The molecule has 0 unspecified atom stereocenters. The Bertz CT molecular complexity index is 555. The van der Waals surface area contributed by atoms with Crippen molar-refractivity contribution in [1.29, 1.82) is 0 Å². The van der Waals surface area contributed by atoms with Crippen molar-refractivity contribution in [2.45, 2.75) is 6.92 Å². The molecule has 0 saturated heterocycles. The average molecular weight is 238 g/mol. The summed E-state index contributed by atoms with van der Waals surface area (Å²) in [4.78, 5) is 3.17. The lowest BCUT2D eigenvalue weighted by molar-refractivity contribution is 0.467. The van der Waals surface area contributed by atoms with Gasteiger partial charge < -0.3 is 5.32 Å². The van der Waals surface area contributed by atoms with Gasteiger partial charge in [-0.2, -0.15) is 9.37 Å². The maximum atomic E-state index is 13.3. The molecule has 0 aliphatic carbocycles. The van der Waals surface area contributed by atoms with Gasteiger partial charge in [-0.3, -0.25) is 0 Å². The van der Waals surface area contributed by atoms with Crippen molar-refractivity contribution < 1.29 is 13.2 Å². The number of pyridine rings is 1. The Morgan fingerprint density at radius 2 is 1.82 bits per heavy atom. The molecule has 0 fully saturated rings. The third-order valence-corrected chi connectivity index (χ3v) is 2.17. The fraction of sp³-hybridized carbons (Fsp3) is 0.0833. The van der Waals surface area contributed by atoms with Crippen LogP contribution in [0.5, 0.6) is 0 Å². The summed E-state index contributed by atoms with van der Waals surface area (Å²) in [7, 11) is 0. The molecule has 0 aliphatic heterocycles. The second-order valence-electron chi connectivity index (χ2n) is 3.59. The van der Waals surface area contributed by atoms with Gasteiger partial charge in [0.15, 0.2) is 17.5 Å². The predicted octanol–water partition coefficient (Wildman–Crippen LogP) is 3.55. The number of aromatic nitrogens is 1. The summed E-state index contributed by atoms with van der Waals surface area (Å²) >= 11 is 0. The number of hydrogen-bond acceptors (Lipinski definition) is 2. The van der Waals surface area contributed by atoms with Crippen LogP contribution in [0.1, 0.15) is 5.56 Å². The van der Waals surface area contributed by atoms with Crippen LogP contribution >= 0.6 is 0 Å². The number of nitrogens with zero attached hydrogens (tertiary/aromatic N) is 1. The molecule has 0 bridgehead atoms. The van der Waals surface area contributed by atoms with Gasteiger partial charge in [0.05, 0.1) is 0 Å². The van der Waals surface area contributed by atoms with Crippen molar-refractivity contribution in [3.05, 3.63) is 53.5 Å². The molecule has 0 saturated carbocycles. The maximum absolute atomic E-state index is 13.3. The van der Waals surface area contributed by atoms with Crippen LogP contribution in [-0.2, 0) is 0 Å². The van der Waals surface area contributed by atoms with Crippen molar-refractivity contribution in [3.8, 4) is 0 Å². The first kappa shape index (κ1) is 11.4. The topological polar surface area (TPSA) is 24.9 Å². The van der Waals surface area contributed by atoms with Crippen molar-refractivity contribution in [2.75, 3.05) is 5.32 Å². The highest BCUT2D eigenvalue weighted by Crippen LogP contribution is 2.20. The van der Waals surface area contributed by atoms with Crippen LogP contribution in [0.3, 0.4) is 0 Å². The Kier molecular flexibility index (Phi) is 2.99. The van der Waals surface area contributed by atoms with Crippen LogP contribution in [0.4, 0.5) is 24.7 Å². The summed E-state index contributed by atoms with van der Waals surface area (Å²) in [5.74, 6) is -3.92. The summed E-state index contributed by atoms with van der Waals surface area (Å²) in [5.41, 5.74) is 1.51. The first-order valence-electron chi connectivity index (χ1n) is 4.91. The summed E-state index contributed by atoms with van der Waals surface area (Å²) in [6.45, 7) is 1.86. The number of nitrogens with one attached hydrogen (secondary N) is 1. The van der Waals surface area contributed by atoms with E-state index in [4.69, 9.17) is 0 Å². The van der Waals surface area contributed by atoms with Crippen LogP contribution in [0.2, 0.25) is 0 Å². The van der Waals surface area contributed by atoms with Gasteiger partial charge in [-0.15, -0.1) is 0 Å². The van der Waals surface area contributed by atoms with Crippen molar-refractivity contribution >= 4 is 11.5 Å². The van der Waals surface area contributed by atoms with E-state index in [1.165, 1.54) is 0 Å². The number of anilines is 2. The summed E-state index contributed by atoms with van der Waals surface area (Å²) in [6.07, 6.45) is 0. The molecule has 1 aromatic carbocycles. The monoisotopic (exact) mass is 238 g/mol. The van der Waals surface area contributed by atoms with Gasteiger partial charge in [0.1, 0.15) is 0 Å². The molecule has 0 aliphatic rings. The molecule has 88 valence electrons. The third-order valence-electron chi connectivity index (χ3n) is 2.17. The van der Waals surface area contributed by atoms with Crippen LogP contribution in [0.15, 0.2) is 30.3 Å². The fourth-order valence-electron chi connectivity index (χ4n) is 1.39. The van der Waals surface area contributed by atoms with E-state index in [2.05, 4.69) is 10.3 Å². The van der Waals surface area contributed by atoms with E-state index in [0.29, 0.717) is 11.8 Å². The van der Waals surface area contributed by atoms with Crippen molar-refractivity contribution in [2.24, 2.45) is 0 Å². The Balaban J connectivity index is 2.33. The second kappa shape index (κ2) is 4.45. The SMILES string of the molecule is Cc1cccc(Nc2nc(F)c(F)cc2F)c1. The zero-order valence-corrected chi connectivity index (χ0v) is 8.97. The highest BCUT2D eigenvalue weighted by molar-refractivity contribution is 5.57. The molecule has 5 heteroatoms. The highest BCUT2D eigenvalue weighted by atomic mass is 19.2. The number of rotatable bonds is 2. The van der Waals surface area contributed by atoms with E-state index < -0.39 is 17.6 Å². The first-order chi connectivity index (χ1) is 8.06. The van der Waals surface area contributed by atoms with Gasteiger partial charge in [-0.05, 0) is 24.6 Å². The lowest BCUT2D eigenvalue weighted by atomic mass is 10.2. The van der Waals surface area contributed by atoms with Gasteiger partial charge in [0.2, 0.25) is 0 Å². The molecule has 0 atom stereocenters. The number of hydrogen-bond donors (Lipinski definition) is 1. The standard InChI is InChI=1S/C12H9F3N2/c1-7-3-2-4-8(5-7)16-12-10(14)6-9(13)11(15)17-12/h2-6H,1H3,(H,16,17). The van der Waals surface area contributed by atoms with E-state index in [0.717, 1.165) is 5.56 Å². The Morgan fingerprint density at radius 3 is 2.53 bits per heavy atom. The zero-order chi connectivity index (χ0) is 12.4. The van der Waals surface area contributed by atoms with Crippen LogP contribution < -0.4 is 5.32 Å². The van der Waals surface area contributed by atoms with Crippen LogP contribution in [-0.4, -0.2) is 4.98 Å². The van der Waals surface area contributed by atoms with Crippen molar-refractivity contribution in [1.82, 2.24) is 4.98 Å². The molecule has 1 N–H and O–H groups in total. The molecule has 17 heavy (non-hydrogen) atoms. The van der Waals surface area contributed by atoms with Crippen LogP contribution in [0.25, 0.3) is 0 Å². The zero-order valence-electron chi connectivity index (χ0n) is 8.97. The molecule has 0 radical (unpaired) electrons. The fourth-order valence-corrected chi connectivity index (χ4v) is 1.39. The van der Waals surface area contributed by atoms with Crippen LogP contribution in [0, 0.1) is 24.5 Å². The lowest BCUT2D eigenvalue weighted by Gasteiger charge is -2.07. The largest absolute Gasteiger partial charge is 0.338 e. The number of halogens is 3. The van der Waals surface area contributed by atoms with E-state index in [9.17, 15) is 13.2 Å². The molecule has 0 amide bonds. The van der Waals surface area contributed by atoms with E-state index in [1.54, 1.807) is 18.2 Å². The minimum Gasteiger partial charge on any atom is -0.338 e. The number of aryl methyl sites for hydroxylation is 1. The van der Waals surface area contributed by atoms with Gasteiger partial charge in [-0.1, -0.05) is 12.1 Å². The lowest BCUT2D eigenvalue weighted by Crippen LogP contribution is -2.01. The maximum Gasteiger partial charge on any atom is 0.251 e. The van der Waals surface area contributed by atoms with Crippen molar-refractivity contribution in [3.63, 3.8) is 0 Å². The summed E-state index contributed by atoms with van der Waals surface area (Å²) in [6, 6.07) is 7.49. The molecule has 2 aromatic rings.